The topological polar surface area (TPSA) is 46.5 Å². The molecule has 3 atom stereocenters. The molecule has 1 aromatic rings. The number of Topliss-reactive ketones (excluding diaryl/α,β-unsaturated/α-hetero) is 1. The number of ether oxygens (including phenoxy) is 1. The molecule has 0 spiro atoms. The Bertz CT molecular complexity index is 572. The fraction of sp³-hybridized carbons (Fsp3) is 0.619. The van der Waals surface area contributed by atoms with Crippen LogP contribution in [0.25, 0.3) is 0 Å². The standard InChI is InChI=1S/C21H29O3.Y/c1-2-3-13-24-14-16-8-11-20(22)18(16)9-7-15-5-4-6-19-17(15)10-12-21(19)23;/h4-6,16,18,21,23H,1-3,7-14H2;/q-1;/t16-,18-,21?;/m1./s1. The maximum Gasteiger partial charge on any atom is 0.136 e. The van der Waals surface area contributed by atoms with Crippen LogP contribution < -0.4 is 0 Å². The molecule has 3 rings (SSSR count). The van der Waals surface area contributed by atoms with Crippen molar-refractivity contribution in [2.45, 2.75) is 57.5 Å². The van der Waals surface area contributed by atoms with E-state index in [2.05, 4.69) is 13.0 Å². The molecule has 1 unspecified atom stereocenters. The molecule has 1 fully saturated rings. The van der Waals surface area contributed by atoms with E-state index in [4.69, 9.17) is 4.74 Å². The number of hydrogen-bond acceptors (Lipinski definition) is 3. The maximum atomic E-state index is 12.3. The van der Waals surface area contributed by atoms with Gasteiger partial charge in [0, 0.05) is 51.7 Å². The maximum absolute atomic E-state index is 12.3. The van der Waals surface area contributed by atoms with Gasteiger partial charge in [0.15, 0.2) is 0 Å². The monoisotopic (exact) mass is 418 g/mol. The van der Waals surface area contributed by atoms with Crippen LogP contribution in [0, 0.1) is 18.8 Å². The summed E-state index contributed by atoms with van der Waals surface area (Å²) in [5.41, 5.74) is 3.73. The summed E-state index contributed by atoms with van der Waals surface area (Å²) in [6, 6.07) is 6.24. The molecule has 1 saturated carbocycles. The first-order valence-electron chi connectivity index (χ1n) is 9.39. The number of ketones is 1. The van der Waals surface area contributed by atoms with Crippen LogP contribution in [-0.4, -0.2) is 24.1 Å². The van der Waals surface area contributed by atoms with Crippen molar-refractivity contribution in [3.8, 4) is 0 Å². The Balaban J connectivity index is 0.00000225. The summed E-state index contributed by atoms with van der Waals surface area (Å²) in [6.45, 7) is 5.29. The third-order valence-corrected chi connectivity index (χ3v) is 5.68. The van der Waals surface area contributed by atoms with Gasteiger partial charge < -0.3 is 16.8 Å². The molecule has 2 aliphatic carbocycles. The van der Waals surface area contributed by atoms with E-state index in [1.165, 1.54) is 11.1 Å². The van der Waals surface area contributed by atoms with E-state index in [0.29, 0.717) is 24.7 Å². The van der Waals surface area contributed by atoms with Gasteiger partial charge in [-0.05, 0) is 54.7 Å². The number of hydrogen-bond donors (Lipinski definition) is 1. The van der Waals surface area contributed by atoms with Gasteiger partial charge in [0.25, 0.3) is 0 Å². The number of benzene rings is 1. The van der Waals surface area contributed by atoms with Gasteiger partial charge in [-0.25, -0.2) is 0 Å². The predicted octanol–water partition coefficient (Wildman–Crippen LogP) is 3.82. The fourth-order valence-corrected chi connectivity index (χ4v) is 4.27. The fourth-order valence-electron chi connectivity index (χ4n) is 4.27. The molecule has 0 aliphatic heterocycles. The molecule has 3 nitrogen and oxygen atoms in total. The Morgan fingerprint density at radius 1 is 1.24 bits per heavy atom. The molecule has 0 amide bonds. The second-order valence-electron chi connectivity index (χ2n) is 7.23. The van der Waals surface area contributed by atoms with Crippen LogP contribution in [0.15, 0.2) is 18.2 Å². The zero-order valence-electron chi connectivity index (χ0n) is 15.1. The van der Waals surface area contributed by atoms with Crippen molar-refractivity contribution in [2.75, 3.05) is 13.2 Å². The number of aliphatic hydroxyl groups excluding tert-OH is 1. The van der Waals surface area contributed by atoms with E-state index in [0.717, 1.165) is 57.1 Å². The number of rotatable bonds is 8. The van der Waals surface area contributed by atoms with E-state index < -0.39 is 0 Å². The van der Waals surface area contributed by atoms with Crippen LogP contribution >= 0.6 is 0 Å². The molecule has 1 aromatic carbocycles. The summed E-state index contributed by atoms with van der Waals surface area (Å²) >= 11 is 0. The van der Waals surface area contributed by atoms with E-state index in [-0.39, 0.29) is 44.7 Å². The molecular formula is C21H29O3Y-. The van der Waals surface area contributed by atoms with Crippen molar-refractivity contribution >= 4 is 5.78 Å². The summed E-state index contributed by atoms with van der Waals surface area (Å²) < 4.78 is 5.75. The van der Waals surface area contributed by atoms with Crippen molar-refractivity contribution in [1.29, 1.82) is 0 Å². The molecule has 0 aromatic heterocycles. The van der Waals surface area contributed by atoms with Gasteiger partial charge in [-0.1, -0.05) is 24.6 Å². The number of fused-ring (bicyclic) bond motifs is 1. The van der Waals surface area contributed by atoms with Crippen LogP contribution in [0.3, 0.4) is 0 Å². The van der Waals surface area contributed by atoms with Crippen LogP contribution in [0.4, 0.5) is 0 Å². The molecular weight excluding hydrogens is 389 g/mol. The molecule has 25 heavy (non-hydrogen) atoms. The number of aryl methyl sites for hydroxylation is 1. The first-order valence-corrected chi connectivity index (χ1v) is 9.39. The van der Waals surface area contributed by atoms with E-state index in [1.807, 2.05) is 12.1 Å². The molecule has 0 saturated heterocycles. The quantitative estimate of drug-likeness (QED) is 0.516. The minimum absolute atomic E-state index is 0. The minimum atomic E-state index is -0.303. The summed E-state index contributed by atoms with van der Waals surface area (Å²) in [5, 5.41) is 10.0. The minimum Gasteiger partial charge on any atom is -0.388 e. The largest absolute Gasteiger partial charge is 0.388 e. The predicted molar refractivity (Wildman–Crippen MR) is 94.7 cm³/mol. The Labute approximate surface area is 176 Å². The molecule has 0 bridgehead atoms. The normalized spacial score (nSPS) is 25.0. The number of aliphatic hydroxyl groups is 1. The summed E-state index contributed by atoms with van der Waals surface area (Å²) in [4.78, 5) is 12.3. The van der Waals surface area contributed by atoms with Crippen molar-refractivity contribution in [1.82, 2.24) is 0 Å². The van der Waals surface area contributed by atoms with Crippen molar-refractivity contribution in [2.24, 2.45) is 11.8 Å². The molecule has 135 valence electrons. The number of carbonyl (C=O) groups excluding carboxylic acids is 1. The summed E-state index contributed by atoms with van der Waals surface area (Å²) in [5.74, 6) is 0.935. The van der Waals surface area contributed by atoms with Crippen LogP contribution in [0.1, 0.15) is 61.3 Å². The second-order valence-corrected chi connectivity index (χ2v) is 7.23. The zero-order chi connectivity index (χ0) is 16.9. The van der Waals surface area contributed by atoms with Crippen LogP contribution in [0.2, 0.25) is 0 Å². The van der Waals surface area contributed by atoms with E-state index >= 15 is 0 Å². The van der Waals surface area contributed by atoms with Crippen LogP contribution in [0.5, 0.6) is 0 Å². The second kappa shape index (κ2) is 10.3. The molecule has 4 heteroatoms. The van der Waals surface area contributed by atoms with Crippen molar-refractivity contribution in [3.05, 3.63) is 41.8 Å². The number of carbonyl (C=O) groups is 1. The SMILES string of the molecule is [CH2-]CCCOC[C@H]1CCC(=O)[C@@H]1CCc1cccc2c1CCC2O.[Y]. The van der Waals surface area contributed by atoms with Gasteiger partial charge in [0.05, 0.1) is 12.7 Å². The van der Waals surface area contributed by atoms with Gasteiger partial charge in [-0.2, -0.15) is 6.42 Å². The Hall–Kier alpha value is -0.0861. The van der Waals surface area contributed by atoms with Gasteiger partial charge in [-0.15, -0.1) is 0 Å². The van der Waals surface area contributed by atoms with Gasteiger partial charge in [-0.3, -0.25) is 4.79 Å². The average molecular weight is 418 g/mol. The van der Waals surface area contributed by atoms with Crippen molar-refractivity contribution < 1.29 is 47.3 Å². The first-order chi connectivity index (χ1) is 11.7. The van der Waals surface area contributed by atoms with Gasteiger partial charge in [0.1, 0.15) is 5.78 Å². The Morgan fingerprint density at radius 2 is 2.08 bits per heavy atom. The first kappa shape index (κ1) is 21.2. The average Bonchev–Trinajstić information content (AvgIpc) is 3.14. The Kier molecular flexibility index (Phi) is 8.74. The van der Waals surface area contributed by atoms with Gasteiger partial charge >= 0.3 is 0 Å². The van der Waals surface area contributed by atoms with Crippen LogP contribution in [-0.2, 0) is 55.1 Å². The third-order valence-electron chi connectivity index (χ3n) is 5.68. The molecule has 0 heterocycles. The van der Waals surface area contributed by atoms with E-state index in [9.17, 15) is 9.90 Å². The smallest absolute Gasteiger partial charge is 0.136 e. The van der Waals surface area contributed by atoms with Gasteiger partial charge in [0.2, 0.25) is 0 Å². The third kappa shape index (κ3) is 5.22. The molecule has 1 N–H and O–H groups in total. The van der Waals surface area contributed by atoms with E-state index in [1.54, 1.807) is 0 Å². The molecule has 2 aliphatic rings. The Morgan fingerprint density at radius 3 is 2.88 bits per heavy atom. The van der Waals surface area contributed by atoms with Crippen molar-refractivity contribution in [3.63, 3.8) is 0 Å². The number of unbranched alkanes of at least 4 members (excludes halogenated alkanes) is 1. The summed E-state index contributed by atoms with van der Waals surface area (Å²) in [6.07, 6.45) is 6.90. The molecule has 1 radical (unpaired) electrons. The zero-order valence-corrected chi connectivity index (χ0v) is 17.9. The summed E-state index contributed by atoms with van der Waals surface area (Å²) in [7, 11) is 0.